The highest BCUT2D eigenvalue weighted by atomic mass is 35.5. The van der Waals surface area contributed by atoms with Crippen molar-refractivity contribution in [3.8, 4) is 17.2 Å². The molecule has 45 heavy (non-hydrogen) atoms. The lowest BCUT2D eigenvalue weighted by Gasteiger charge is -2.26. The number of para-hydroxylation sites is 2. The Morgan fingerprint density at radius 1 is 1.07 bits per heavy atom. The highest BCUT2D eigenvalue weighted by Gasteiger charge is 2.35. The first-order valence-corrected chi connectivity index (χ1v) is 15.9. The summed E-state index contributed by atoms with van der Waals surface area (Å²) in [5, 5.41) is 0.873. The number of nitrogens with zero attached hydrogens (tertiary/aromatic N) is 2. The molecule has 1 aliphatic rings. The fourth-order valence-corrected chi connectivity index (χ4v) is 6.40. The van der Waals surface area contributed by atoms with Crippen LogP contribution in [0.3, 0.4) is 0 Å². The Morgan fingerprint density at radius 2 is 1.82 bits per heavy atom. The molecule has 0 spiro atoms. The molecule has 5 rings (SSSR count). The zero-order valence-corrected chi connectivity index (χ0v) is 27.8. The third-order valence-electron chi connectivity index (χ3n) is 6.98. The van der Waals surface area contributed by atoms with E-state index in [-0.39, 0.29) is 30.5 Å². The molecule has 0 aliphatic carbocycles. The standard InChI is InChI=1S/C34H32Cl2N2O6S/c1-6-42-33(40)29-20(4)37-34-38(30(29)23-11-7-8-12-26(23)44-19(2)3)32(39)28(45-34)17-22-10-9-13-27(41-5)31(22)43-18-21-14-15-24(35)25(36)16-21/h7-17,19,30H,6,18H2,1-5H3/b28-17-/t30-/m1/s1. The molecule has 0 bridgehead atoms. The summed E-state index contributed by atoms with van der Waals surface area (Å²) in [4.78, 5) is 32.7. The van der Waals surface area contributed by atoms with Crippen LogP contribution < -0.4 is 29.1 Å². The average Bonchev–Trinajstić information content (AvgIpc) is 3.31. The van der Waals surface area contributed by atoms with Crippen LogP contribution in [-0.2, 0) is 16.1 Å². The van der Waals surface area contributed by atoms with Gasteiger partial charge in [-0.2, -0.15) is 0 Å². The van der Waals surface area contributed by atoms with Crippen molar-refractivity contribution in [2.75, 3.05) is 13.7 Å². The van der Waals surface area contributed by atoms with Crippen LogP contribution in [0.2, 0.25) is 10.0 Å². The van der Waals surface area contributed by atoms with E-state index in [1.165, 1.54) is 15.9 Å². The Hall–Kier alpha value is -4.05. The second kappa shape index (κ2) is 13.9. The van der Waals surface area contributed by atoms with Crippen LogP contribution in [-0.4, -0.2) is 30.4 Å². The second-order valence-electron chi connectivity index (χ2n) is 10.4. The Kier molecular flexibility index (Phi) is 10.0. The molecule has 2 heterocycles. The van der Waals surface area contributed by atoms with Crippen LogP contribution >= 0.6 is 34.5 Å². The lowest BCUT2D eigenvalue weighted by molar-refractivity contribution is -0.139. The van der Waals surface area contributed by atoms with Gasteiger partial charge in [-0.15, -0.1) is 0 Å². The monoisotopic (exact) mass is 666 g/mol. The van der Waals surface area contributed by atoms with E-state index in [2.05, 4.69) is 4.99 Å². The van der Waals surface area contributed by atoms with Crippen LogP contribution in [0.4, 0.5) is 0 Å². The molecule has 8 nitrogen and oxygen atoms in total. The molecule has 0 N–H and O–H groups in total. The lowest BCUT2D eigenvalue weighted by Crippen LogP contribution is -2.40. The number of carbonyl (C=O) groups excluding carboxylic acids is 1. The summed E-state index contributed by atoms with van der Waals surface area (Å²) in [5.41, 5.74) is 2.52. The molecule has 1 aliphatic heterocycles. The summed E-state index contributed by atoms with van der Waals surface area (Å²) in [6.07, 6.45) is 1.61. The quantitative estimate of drug-likeness (QED) is 0.180. The summed E-state index contributed by atoms with van der Waals surface area (Å²) in [7, 11) is 1.55. The number of carbonyl (C=O) groups is 1. The van der Waals surface area contributed by atoms with Crippen molar-refractivity contribution in [3.05, 3.63) is 118 Å². The van der Waals surface area contributed by atoms with Gasteiger partial charge in [0, 0.05) is 11.1 Å². The number of methoxy groups -OCH3 is 1. The van der Waals surface area contributed by atoms with Gasteiger partial charge in [0.15, 0.2) is 16.3 Å². The molecule has 0 amide bonds. The fourth-order valence-electron chi connectivity index (χ4n) is 5.04. The van der Waals surface area contributed by atoms with Crippen LogP contribution in [0, 0.1) is 0 Å². The number of hydrogen-bond acceptors (Lipinski definition) is 8. The molecule has 0 saturated carbocycles. The van der Waals surface area contributed by atoms with E-state index in [0.29, 0.717) is 53.5 Å². The van der Waals surface area contributed by atoms with Crippen molar-refractivity contribution < 1.29 is 23.7 Å². The summed E-state index contributed by atoms with van der Waals surface area (Å²) >= 11 is 13.5. The molecular formula is C34H32Cl2N2O6S. The SMILES string of the molecule is CCOC(=O)C1=C(C)N=c2s/c(=C\c3cccc(OC)c3OCc3ccc(Cl)c(Cl)c3)c(=O)n2[C@@H]1c1ccccc1OC(C)C. The minimum atomic E-state index is -0.812. The Labute approximate surface area is 274 Å². The van der Waals surface area contributed by atoms with Gasteiger partial charge in [-0.05, 0) is 63.6 Å². The summed E-state index contributed by atoms with van der Waals surface area (Å²) in [6, 6.07) is 17.3. The first-order valence-electron chi connectivity index (χ1n) is 14.3. The lowest BCUT2D eigenvalue weighted by atomic mass is 9.95. The van der Waals surface area contributed by atoms with Gasteiger partial charge in [0.05, 0.1) is 45.7 Å². The number of fused-ring (bicyclic) bond motifs is 1. The van der Waals surface area contributed by atoms with Gasteiger partial charge in [-0.25, -0.2) is 9.79 Å². The van der Waals surface area contributed by atoms with Gasteiger partial charge < -0.3 is 18.9 Å². The molecule has 0 unspecified atom stereocenters. The van der Waals surface area contributed by atoms with Gasteiger partial charge in [0.25, 0.3) is 5.56 Å². The van der Waals surface area contributed by atoms with Crippen molar-refractivity contribution in [1.82, 2.24) is 4.57 Å². The first-order chi connectivity index (χ1) is 21.6. The van der Waals surface area contributed by atoms with E-state index in [4.69, 9.17) is 42.1 Å². The molecule has 1 aromatic heterocycles. The maximum Gasteiger partial charge on any atom is 0.338 e. The number of aromatic nitrogens is 1. The molecule has 0 saturated heterocycles. The highest BCUT2D eigenvalue weighted by molar-refractivity contribution is 7.07. The third-order valence-corrected chi connectivity index (χ3v) is 8.70. The minimum absolute atomic E-state index is 0.131. The number of hydrogen-bond donors (Lipinski definition) is 0. The zero-order chi connectivity index (χ0) is 32.2. The highest BCUT2D eigenvalue weighted by Crippen LogP contribution is 2.37. The van der Waals surface area contributed by atoms with Crippen molar-refractivity contribution in [2.24, 2.45) is 4.99 Å². The minimum Gasteiger partial charge on any atom is -0.493 e. The number of rotatable bonds is 10. The molecule has 3 aromatic carbocycles. The van der Waals surface area contributed by atoms with Gasteiger partial charge in [0.2, 0.25) is 0 Å². The molecule has 0 fully saturated rings. The summed E-state index contributed by atoms with van der Waals surface area (Å²) in [5.74, 6) is 0.972. The topological polar surface area (TPSA) is 88.4 Å². The number of allylic oxidation sites excluding steroid dienone is 1. The predicted octanol–water partition coefficient (Wildman–Crippen LogP) is 6.48. The zero-order valence-electron chi connectivity index (χ0n) is 25.4. The van der Waals surface area contributed by atoms with Crippen LogP contribution in [0.5, 0.6) is 17.2 Å². The van der Waals surface area contributed by atoms with E-state index >= 15 is 0 Å². The Morgan fingerprint density at radius 3 is 2.53 bits per heavy atom. The molecule has 11 heteroatoms. The van der Waals surface area contributed by atoms with Crippen LogP contribution in [0.1, 0.15) is 50.4 Å². The van der Waals surface area contributed by atoms with Crippen molar-refractivity contribution >= 4 is 46.6 Å². The number of halogens is 2. The molecule has 234 valence electrons. The molecule has 1 atom stereocenters. The van der Waals surface area contributed by atoms with E-state index in [1.54, 1.807) is 45.2 Å². The first kappa shape index (κ1) is 32.3. The normalized spacial score (nSPS) is 14.7. The fraction of sp³-hybridized carbons (Fsp3) is 0.265. The predicted molar refractivity (Wildman–Crippen MR) is 176 cm³/mol. The van der Waals surface area contributed by atoms with Crippen LogP contribution in [0.25, 0.3) is 6.08 Å². The summed E-state index contributed by atoms with van der Waals surface area (Å²) < 4.78 is 25.3. The largest absolute Gasteiger partial charge is 0.493 e. The number of esters is 1. The van der Waals surface area contributed by atoms with Gasteiger partial charge >= 0.3 is 5.97 Å². The van der Waals surface area contributed by atoms with Crippen LogP contribution in [0.15, 0.2) is 81.7 Å². The van der Waals surface area contributed by atoms with E-state index < -0.39 is 12.0 Å². The van der Waals surface area contributed by atoms with Crippen molar-refractivity contribution in [1.29, 1.82) is 0 Å². The van der Waals surface area contributed by atoms with Gasteiger partial charge in [-0.1, -0.05) is 70.9 Å². The van der Waals surface area contributed by atoms with E-state index in [1.807, 2.05) is 56.3 Å². The Balaban J connectivity index is 1.66. The van der Waals surface area contributed by atoms with Gasteiger partial charge in [0.1, 0.15) is 18.4 Å². The maximum atomic E-state index is 14.2. The summed E-state index contributed by atoms with van der Waals surface area (Å²) in [6.45, 7) is 7.70. The van der Waals surface area contributed by atoms with Gasteiger partial charge in [-0.3, -0.25) is 9.36 Å². The van der Waals surface area contributed by atoms with Crippen molar-refractivity contribution in [2.45, 2.75) is 46.4 Å². The number of benzene rings is 3. The van der Waals surface area contributed by atoms with Crippen molar-refractivity contribution in [3.63, 3.8) is 0 Å². The molecule has 4 aromatic rings. The molecular weight excluding hydrogens is 635 g/mol. The smallest absolute Gasteiger partial charge is 0.338 e. The molecule has 0 radical (unpaired) electrons. The average molecular weight is 668 g/mol. The number of ether oxygens (including phenoxy) is 4. The maximum absolute atomic E-state index is 14.2. The number of thiazole rings is 1. The second-order valence-corrected chi connectivity index (χ2v) is 12.2. The third kappa shape index (κ3) is 6.81. The van der Waals surface area contributed by atoms with E-state index in [0.717, 1.165) is 5.56 Å². The van der Waals surface area contributed by atoms with E-state index in [9.17, 15) is 9.59 Å². The Bertz CT molecular complexity index is 1960.